The lowest BCUT2D eigenvalue weighted by atomic mass is 10.3. The molecule has 16 heavy (non-hydrogen) atoms. The molecule has 2 rings (SSSR count). The van der Waals surface area contributed by atoms with E-state index >= 15 is 0 Å². The van der Waals surface area contributed by atoms with Gasteiger partial charge in [0.05, 0.1) is 6.54 Å². The van der Waals surface area contributed by atoms with Crippen molar-refractivity contribution >= 4 is 12.4 Å². The SMILES string of the molecule is Cl.NCc1nccc(Oc2ccccc2)n1. The van der Waals surface area contributed by atoms with E-state index in [1.807, 2.05) is 30.3 Å². The van der Waals surface area contributed by atoms with Crippen molar-refractivity contribution < 1.29 is 4.74 Å². The maximum absolute atomic E-state index is 5.51. The standard InChI is InChI=1S/C11H11N3O.ClH/c12-8-10-13-7-6-11(14-10)15-9-4-2-1-3-5-9;/h1-7H,8,12H2;1H. The zero-order chi connectivity index (χ0) is 10.5. The van der Waals surface area contributed by atoms with Gasteiger partial charge in [0.15, 0.2) is 0 Å². The van der Waals surface area contributed by atoms with Gasteiger partial charge >= 0.3 is 0 Å². The summed E-state index contributed by atoms with van der Waals surface area (Å²) in [5, 5.41) is 0. The Morgan fingerprint density at radius 3 is 2.56 bits per heavy atom. The van der Waals surface area contributed by atoms with Crippen LogP contribution in [0.1, 0.15) is 5.82 Å². The highest BCUT2D eigenvalue weighted by molar-refractivity contribution is 5.85. The lowest BCUT2D eigenvalue weighted by molar-refractivity contribution is 0.458. The quantitative estimate of drug-likeness (QED) is 0.889. The third-order valence-corrected chi connectivity index (χ3v) is 1.83. The van der Waals surface area contributed by atoms with Crippen LogP contribution in [0.25, 0.3) is 0 Å². The van der Waals surface area contributed by atoms with Crippen molar-refractivity contribution in [1.29, 1.82) is 0 Å². The van der Waals surface area contributed by atoms with Crippen LogP contribution in [-0.2, 0) is 6.54 Å². The van der Waals surface area contributed by atoms with Gasteiger partial charge in [0.1, 0.15) is 11.6 Å². The zero-order valence-corrected chi connectivity index (χ0v) is 9.35. The number of rotatable bonds is 3. The van der Waals surface area contributed by atoms with Gasteiger partial charge in [-0.1, -0.05) is 18.2 Å². The summed E-state index contributed by atoms with van der Waals surface area (Å²) in [6, 6.07) is 11.2. The van der Waals surface area contributed by atoms with Crippen molar-refractivity contribution in [3.05, 3.63) is 48.4 Å². The van der Waals surface area contributed by atoms with Crippen LogP contribution in [0.2, 0.25) is 0 Å². The van der Waals surface area contributed by atoms with Gasteiger partial charge < -0.3 is 10.5 Å². The van der Waals surface area contributed by atoms with E-state index in [2.05, 4.69) is 9.97 Å². The number of nitrogens with zero attached hydrogens (tertiary/aromatic N) is 2. The topological polar surface area (TPSA) is 61.0 Å². The number of halogens is 1. The summed E-state index contributed by atoms with van der Waals surface area (Å²) >= 11 is 0. The van der Waals surface area contributed by atoms with E-state index in [0.29, 0.717) is 18.2 Å². The number of nitrogens with two attached hydrogens (primary N) is 1. The maximum atomic E-state index is 5.51. The third kappa shape index (κ3) is 3.18. The van der Waals surface area contributed by atoms with Gasteiger partial charge in [0, 0.05) is 12.3 Å². The van der Waals surface area contributed by atoms with E-state index < -0.39 is 0 Å². The fourth-order valence-electron chi connectivity index (χ4n) is 1.14. The Bertz CT molecular complexity index is 436. The largest absolute Gasteiger partial charge is 0.439 e. The van der Waals surface area contributed by atoms with Crippen molar-refractivity contribution in [2.45, 2.75) is 6.54 Å². The van der Waals surface area contributed by atoms with E-state index in [4.69, 9.17) is 10.5 Å². The minimum absolute atomic E-state index is 0. The highest BCUT2D eigenvalue weighted by Gasteiger charge is 1.99. The molecule has 0 saturated heterocycles. The molecular formula is C11H12ClN3O. The van der Waals surface area contributed by atoms with Crippen molar-refractivity contribution in [3.8, 4) is 11.6 Å². The monoisotopic (exact) mass is 237 g/mol. The van der Waals surface area contributed by atoms with Gasteiger partial charge in [-0.25, -0.2) is 4.98 Å². The normalized spacial score (nSPS) is 9.31. The Labute approximate surface area is 99.9 Å². The average Bonchev–Trinajstić information content (AvgIpc) is 2.31. The van der Waals surface area contributed by atoms with Crippen molar-refractivity contribution in [1.82, 2.24) is 9.97 Å². The predicted molar refractivity (Wildman–Crippen MR) is 63.7 cm³/mol. The highest BCUT2D eigenvalue weighted by atomic mass is 35.5. The smallest absolute Gasteiger partial charge is 0.222 e. The van der Waals surface area contributed by atoms with Crippen molar-refractivity contribution in [2.75, 3.05) is 0 Å². The van der Waals surface area contributed by atoms with Crippen molar-refractivity contribution in [3.63, 3.8) is 0 Å². The second-order valence-electron chi connectivity index (χ2n) is 2.93. The first-order valence-electron chi connectivity index (χ1n) is 4.63. The van der Waals surface area contributed by atoms with E-state index in [1.165, 1.54) is 0 Å². The van der Waals surface area contributed by atoms with Crippen LogP contribution in [-0.4, -0.2) is 9.97 Å². The molecule has 0 bridgehead atoms. The third-order valence-electron chi connectivity index (χ3n) is 1.83. The van der Waals surface area contributed by atoms with Crippen LogP contribution in [0.15, 0.2) is 42.6 Å². The molecule has 0 atom stereocenters. The summed E-state index contributed by atoms with van der Waals surface area (Å²) < 4.78 is 5.51. The number of hydrogen-bond donors (Lipinski definition) is 1. The molecule has 0 aliphatic carbocycles. The molecule has 0 unspecified atom stereocenters. The zero-order valence-electron chi connectivity index (χ0n) is 8.54. The van der Waals surface area contributed by atoms with Crippen LogP contribution < -0.4 is 10.5 Å². The molecule has 2 aromatic rings. The Morgan fingerprint density at radius 2 is 1.88 bits per heavy atom. The minimum atomic E-state index is 0. The van der Waals surface area contributed by atoms with Gasteiger partial charge in [0.2, 0.25) is 5.88 Å². The molecular weight excluding hydrogens is 226 g/mol. The lowest BCUT2D eigenvalue weighted by Crippen LogP contribution is -2.03. The van der Waals surface area contributed by atoms with Crippen LogP contribution in [0.5, 0.6) is 11.6 Å². The predicted octanol–water partition coefficient (Wildman–Crippen LogP) is 2.15. The summed E-state index contributed by atoms with van der Waals surface area (Å²) in [5.41, 5.74) is 5.43. The molecule has 84 valence electrons. The van der Waals surface area contributed by atoms with Crippen LogP contribution in [0.3, 0.4) is 0 Å². The Balaban J connectivity index is 0.00000128. The fraction of sp³-hybridized carbons (Fsp3) is 0.0909. The number of ether oxygens (including phenoxy) is 1. The molecule has 0 fully saturated rings. The molecule has 0 aliphatic rings. The van der Waals surface area contributed by atoms with Gasteiger partial charge in [-0.05, 0) is 12.1 Å². The van der Waals surface area contributed by atoms with Crippen LogP contribution >= 0.6 is 12.4 Å². The molecule has 4 nitrogen and oxygen atoms in total. The summed E-state index contributed by atoms with van der Waals surface area (Å²) in [7, 11) is 0. The minimum Gasteiger partial charge on any atom is -0.439 e. The Kier molecular flexibility index (Phi) is 4.69. The number of aromatic nitrogens is 2. The molecule has 0 spiro atoms. The van der Waals surface area contributed by atoms with Crippen molar-refractivity contribution in [2.24, 2.45) is 5.73 Å². The van der Waals surface area contributed by atoms with Crippen LogP contribution in [0.4, 0.5) is 0 Å². The first-order chi connectivity index (χ1) is 7.38. The fourth-order valence-corrected chi connectivity index (χ4v) is 1.14. The number of benzene rings is 1. The lowest BCUT2D eigenvalue weighted by Gasteiger charge is -2.04. The first-order valence-corrected chi connectivity index (χ1v) is 4.63. The number of hydrogen-bond acceptors (Lipinski definition) is 4. The Morgan fingerprint density at radius 1 is 1.12 bits per heavy atom. The van der Waals surface area contributed by atoms with E-state index in [1.54, 1.807) is 12.3 Å². The molecule has 0 saturated carbocycles. The molecule has 2 N–H and O–H groups in total. The summed E-state index contributed by atoms with van der Waals surface area (Å²) in [5.74, 6) is 1.83. The molecule has 1 aromatic carbocycles. The van der Waals surface area contributed by atoms with E-state index in [9.17, 15) is 0 Å². The average molecular weight is 238 g/mol. The summed E-state index contributed by atoms with van der Waals surface area (Å²) in [4.78, 5) is 8.11. The first kappa shape index (κ1) is 12.4. The maximum Gasteiger partial charge on any atom is 0.222 e. The molecule has 0 aliphatic heterocycles. The van der Waals surface area contributed by atoms with Gasteiger partial charge in [-0.15, -0.1) is 12.4 Å². The summed E-state index contributed by atoms with van der Waals surface area (Å²) in [6.45, 7) is 0.311. The molecule has 0 radical (unpaired) electrons. The highest BCUT2D eigenvalue weighted by Crippen LogP contribution is 2.17. The molecule has 5 heteroatoms. The second-order valence-corrected chi connectivity index (χ2v) is 2.93. The van der Waals surface area contributed by atoms with Gasteiger partial charge in [0.25, 0.3) is 0 Å². The number of para-hydroxylation sites is 1. The Hall–Kier alpha value is -1.65. The van der Waals surface area contributed by atoms with Gasteiger partial charge in [-0.2, -0.15) is 4.98 Å². The molecule has 1 heterocycles. The molecule has 0 amide bonds. The summed E-state index contributed by atoms with van der Waals surface area (Å²) in [6.07, 6.45) is 1.63. The van der Waals surface area contributed by atoms with Gasteiger partial charge in [-0.3, -0.25) is 0 Å². The van der Waals surface area contributed by atoms with Crippen LogP contribution in [0, 0.1) is 0 Å². The second kappa shape index (κ2) is 6.05. The molecule has 1 aromatic heterocycles. The van der Waals surface area contributed by atoms with E-state index in [0.717, 1.165) is 5.75 Å². The van der Waals surface area contributed by atoms with E-state index in [-0.39, 0.29) is 12.4 Å².